The zero-order valence-corrected chi connectivity index (χ0v) is 16.7. The molecule has 1 aromatic heterocycles. The first-order valence-electron chi connectivity index (χ1n) is 9.67. The Morgan fingerprint density at radius 2 is 1.86 bits per heavy atom. The fourth-order valence-electron chi connectivity index (χ4n) is 2.80. The predicted molar refractivity (Wildman–Crippen MR) is 108 cm³/mol. The lowest BCUT2D eigenvalue weighted by molar-refractivity contribution is -0.121. The zero-order valence-electron chi connectivity index (χ0n) is 16.7. The lowest BCUT2D eigenvalue weighted by Gasteiger charge is -2.12. The molecule has 0 unspecified atom stereocenters. The normalized spacial score (nSPS) is 11.0. The van der Waals surface area contributed by atoms with Crippen LogP contribution in [0.25, 0.3) is 11.3 Å². The second-order valence-electron chi connectivity index (χ2n) is 7.03. The van der Waals surface area contributed by atoms with Crippen LogP contribution in [0, 0.1) is 5.82 Å². The third-order valence-corrected chi connectivity index (χ3v) is 4.41. The molecule has 0 aliphatic rings. The van der Waals surface area contributed by atoms with Crippen molar-refractivity contribution in [3.8, 4) is 11.3 Å². The average molecular weight is 396 g/mol. The first-order valence-corrected chi connectivity index (χ1v) is 9.67. The Morgan fingerprint density at radius 1 is 1.14 bits per heavy atom. The minimum absolute atomic E-state index is 0.0777. The van der Waals surface area contributed by atoms with Crippen molar-refractivity contribution in [3.05, 3.63) is 77.6 Å². The largest absolute Gasteiger partial charge is 0.441 e. The molecule has 0 spiro atoms. The highest BCUT2D eigenvalue weighted by Gasteiger charge is 2.10. The van der Waals surface area contributed by atoms with E-state index in [1.54, 1.807) is 18.3 Å². The second-order valence-corrected chi connectivity index (χ2v) is 7.03. The molecule has 2 aromatic carbocycles. The summed E-state index contributed by atoms with van der Waals surface area (Å²) in [5.74, 6) is 0.651. The molecule has 5 nitrogen and oxygen atoms in total. The third kappa shape index (κ3) is 6.26. The van der Waals surface area contributed by atoms with Crippen molar-refractivity contribution in [2.75, 3.05) is 0 Å². The van der Waals surface area contributed by atoms with Crippen molar-refractivity contribution >= 4 is 5.91 Å². The number of nitrogens with one attached hydrogen (secondary N) is 1. The van der Waals surface area contributed by atoms with Crippen LogP contribution in [-0.2, 0) is 29.1 Å². The van der Waals surface area contributed by atoms with Crippen LogP contribution in [-0.4, -0.2) is 17.0 Å². The number of halogens is 1. The fourth-order valence-corrected chi connectivity index (χ4v) is 2.80. The summed E-state index contributed by atoms with van der Waals surface area (Å²) in [5, 5.41) is 2.94. The molecule has 29 heavy (non-hydrogen) atoms. The topological polar surface area (TPSA) is 64.4 Å². The summed E-state index contributed by atoms with van der Waals surface area (Å²) >= 11 is 0. The van der Waals surface area contributed by atoms with Gasteiger partial charge in [-0.25, -0.2) is 9.37 Å². The summed E-state index contributed by atoms with van der Waals surface area (Å²) in [6.07, 6.45) is 2.41. The standard InChI is InChI=1S/C23H25FN2O3/c1-16(2)28-15-19-6-4-3-5-18(19)13-25-22(27)11-12-23-26-14-21(29-23)17-7-9-20(24)10-8-17/h3-10,14,16H,11-13,15H2,1-2H3,(H,25,27). The number of carbonyl (C=O) groups is 1. The van der Waals surface area contributed by atoms with Gasteiger partial charge in [0.2, 0.25) is 5.91 Å². The minimum atomic E-state index is -0.303. The van der Waals surface area contributed by atoms with Crippen LogP contribution in [0.2, 0.25) is 0 Å². The van der Waals surface area contributed by atoms with Crippen LogP contribution < -0.4 is 5.32 Å². The Labute approximate surface area is 169 Å². The Hall–Kier alpha value is -2.99. The molecule has 0 saturated heterocycles. The smallest absolute Gasteiger partial charge is 0.220 e. The predicted octanol–water partition coefficient (Wildman–Crippen LogP) is 4.65. The van der Waals surface area contributed by atoms with Gasteiger partial charge in [0.25, 0.3) is 0 Å². The van der Waals surface area contributed by atoms with Gasteiger partial charge in [0.1, 0.15) is 5.82 Å². The number of benzene rings is 2. The van der Waals surface area contributed by atoms with Crippen LogP contribution in [0.4, 0.5) is 4.39 Å². The highest BCUT2D eigenvalue weighted by atomic mass is 19.1. The van der Waals surface area contributed by atoms with E-state index in [2.05, 4.69) is 10.3 Å². The van der Waals surface area contributed by atoms with E-state index >= 15 is 0 Å². The Kier molecular flexibility index (Phi) is 7.14. The summed E-state index contributed by atoms with van der Waals surface area (Å²) < 4.78 is 24.4. The summed E-state index contributed by atoms with van der Waals surface area (Å²) in [4.78, 5) is 16.4. The quantitative estimate of drug-likeness (QED) is 0.572. The molecule has 3 rings (SSSR count). The van der Waals surface area contributed by atoms with E-state index in [0.717, 1.165) is 16.7 Å². The van der Waals surface area contributed by atoms with Gasteiger partial charge < -0.3 is 14.5 Å². The number of aryl methyl sites for hydroxylation is 1. The monoisotopic (exact) mass is 396 g/mol. The number of aromatic nitrogens is 1. The molecule has 0 atom stereocenters. The molecule has 6 heteroatoms. The van der Waals surface area contributed by atoms with E-state index in [9.17, 15) is 9.18 Å². The summed E-state index contributed by atoms with van der Waals surface area (Å²) in [6.45, 7) is 4.96. The number of amides is 1. The maximum absolute atomic E-state index is 13.0. The van der Waals surface area contributed by atoms with Gasteiger partial charge in [-0.2, -0.15) is 0 Å². The average Bonchev–Trinajstić information content (AvgIpc) is 3.19. The minimum Gasteiger partial charge on any atom is -0.441 e. The number of oxazole rings is 1. The van der Waals surface area contributed by atoms with Gasteiger partial charge in [-0.1, -0.05) is 24.3 Å². The van der Waals surface area contributed by atoms with Crippen molar-refractivity contribution in [3.63, 3.8) is 0 Å². The molecule has 0 saturated carbocycles. The van der Waals surface area contributed by atoms with E-state index < -0.39 is 0 Å². The molecule has 152 valence electrons. The molecular formula is C23H25FN2O3. The van der Waals surface area contributed by atoms with Gasteiger partial charge in [0.15, 0.2) is 11.7 Å². The molecule has 0 aliphatic carbocycles. The lowest BCUT2D eigenvalue weighted by Crippen LogP contribution is -2.23. The summed E-state index contributed by atoms with van der Waals surface area (Å²) in [7, 11) is 0. The number of ether oxygens (including phenoxy) is 1. The van der Waals surface area contributed by atoms with E-state index in [1.807, 2.05) is 38.1 Å². The second kappa shape index (κ2) is 9.98. The third-order valence-electron chi connectivity index (χ3n) is 4.41. The molecule has 1 amide bonds. The first kappa shape index (κ1) is 20.7. The highest BCUT2D eigenvalue weighted by molar-refractivity contribution is 5.76. The van der Waals surface area contributed by atoms with Gasteiger partial charge in [-0.3, -0.25) is 4.79 Å². The van der Waals surface area contributed by atoms with Crippen molar-refractivity contribution in [1.29, 1.82) is 0 Å². The van der Waals surface area contributed by atoms with Gasteiger partial charge in [-0.05, 0) is 49.2 Å². The fraction of sp³-hybridized carbons (Fsp3) is 0.304. The Morgan fingerprint density at radius 3 is 2.59 bits per heavy atom. The van der Waals surface area contributed by atoms with Crippen LogP contribution in [0.1, 0.15) is 37.3 Å². The number of rotatable bonds is 9. The number of nitrogens with zero attached hydrogens (tertiary/aromatic N) is 1. The lowest BCUT2D eigenvalue weighted by atomic mass is 10.1. The Balaban J connectivity index is 1.49. The van der Waals surface area contributed by atoms with Crippen LogP contribution >= 0.6 is 0 Å². The highest BCUT2D eigenvalue weighted by Crippen LogP contribution is 2.21. The maximum atomic E-state index is 13.0. The first-order chi connectivity index (χ1) is 14.0. The molecule has 0 bridgehead atoms. The molecule has 0 aliphatic heterocycles. The molecule has 0 fully saturated rings. The van der Waals surface area contributed by atoms with Crippen LogP contribution in [0.15, 0.2) is 59.1 Å². The van der Waals surface area contributed by atoms with Gasteiger partial charge >= 0.3 is 0 Å². The molecule has 0 radical (unpaired) electrons. The SMILES string of the molecule is CC(C)OCc1ccccc1CNC(=O)CCc1ncc(-c2ccc(F)cc2)o1. The van der Waals surface area contributed by atoms with E-state index in [4.69, 9.17) is 9.15 Å². The van der Waals surface area contributed by atoms with Crippen LogP contribution in [0.5, 0.6) is 0 Å². The Bertz CT molecular complexity index is 935. The van der Waals surface area contributed by atoms with Crippen molar-refractivity contribution in [2.24, 2.45) is 0 Å². The summed E-state index contributed by atoms with van der Waals surface area (Å²) in [6, 6.07) is 13.9. The van der Waals surface area contributed by atoms with Crippen molar-refractivity contribution < 1.29 is 18.3 Å². The zero-order chi connectivity index (χ0) is 20.6. The van der Waals surface area contributed by atoms with E-state index in [0.29, 0.717) is 31.2 Å². The van der Waals surface area contributed by atoms with E-state index in [1.165, 1.54) is 12.1 Å². The number of carbonyl (C=O) groups excluding carboxylic acids is 1. The molecule has 1 heterocycles. The number of hydrogen-bond acceptors (Lipinski definition) is 4. The maximum Gasteiger partial charge on any atom is 0.220 e. The van der Waals surface area contributed by atoms with Crippen molar-refractivity contribution in [1.82, 2.24) is 10.3 Å². The van der Waals surface area contributed by atoms with Gasteiger partial charge in [-0.15, -0.1) is 0 Å². The summed E-state index contributed by atoms with van der Waals surface area (Å²) in [5.41, 5.74) is 2.85. The van der Waals surface area contributed by atoms with Gasteiger partial charge in [0.05, 0.1) is 18.9 Å². The van der Waals surface area contributed by atoms with Crippen LogP contribution in [0.3, 0.4) is 0 Å². The van der Waals surface area contributed by atoms with Gasteiger partial charge in [0, 0.05) is 24.9 Å². The molecule has 3 aromatic rings. The number of hydrogen-bond donors (Lipinski definition) is 1. The molecule has 1 N–H and O–H groups in total. The van der Waals surface area contributed by atoms with Crippen molar-refractivity contribution in [2.45, 2.75) is 45.9 Å². The van der Waals surface area contributed by atoms with E-state index in [-0.39, 0.29) is 24.2 Å². The molecular weight excluding hydrogens is 371 g/mol.